The van der Waals surface area contributed by atoms with E-state index < -0.39 is 21.1 Å². The van der Waals surface area contributed by atoms with Crippen LogP contribution < -0.4 is 15.2 Å². The van der Waals surface area contributed by atoms with Gasteiger partial charge in [0, 0.05) is 31.2 Å². The second kappa shape index (κ2) is 12.1. The average molecular weight is 587 g/mol. The van der Waals surface area contributed by atoms with Gasteiger partial charge in [-0.25, -0.2) is 12.8 Å². The van der Waals surface area contributed by atoms with Crippen molar-refractivity contribution in [1.29, 1.82) is 0 Å². The van der Waals surface area contributed by atoms with E-state index >= 15 is 0 Å². The smallest absolute Gasteiger partial charge is 0.316 e. The van der Waals surface area contributed by atoms with E-state index in [0.717, 1.165) is 25.7 Å². The maximum Gasteiger partial charge on any atom is 0.316 e. The molecule has 1 aliphatic carbocycles. The Morgan fingerprint density at radius 2 is 1.80 bits per heavy atom. The van der Waals surface area contributed by atoms with Crippen LogP contribution in [0.4, 0.5) is 10.1 Å². The molecule has 0 N–H and O–H groups in total. The van der Waals surface area contributed by atoms with Crippen LogP contribution in [0.1, 0.15) is 42.9 Å². The number of anilines is 1. The average Bonchev–Trinajstić information content (AvgIpc) is 3.47. The number of hydrogen-bond donors (Lipinski definition) is 0. The fourth-order valence-corrected chi connectivity index (χ4v) is 7.45. The standard InChI is InChI=1S/C29H32ClFN4O4S/c1-2-6-27(21-11-13-23(31)14-12-21)40(37,38)34-17-15-33(16-18-34)26-20-32-35(24-8-5-7-22(30)19-24)29(36)28(26)39-25-9-3-4-10-25/h2,5,7-8,11-14,19-20,25,27H,1,3-4,6,9-10,15-18H2. The summed E-state index contributed by atoms with van der Waals surface area (Å²) in [6, 6.07) is 12.4. The van der Waals surface area contributed by atoms with Crippen LogP contribution in [0.3, 0.4) is 0 Å². The molecular formula is C29H32ClFN4O4S. The summed E-state index contributed by atoms with van der Waals surface area (Å²) in [6.45, 7) is 4.87. The number of aromatic nitrogens is 2. The molecule has 1 atom stereocenters. The molecule has 0 amide bonds. The number of rotatable bonds is 9. The van der Waals surface area contributed by atoms with Crippen molar-refractivity contribution in [1.82, 2.24) is 14.1 Å². The zero-order chi connectivity index (χ0) is 28.3. The van der Waals surface area contributed by atoms with Gasteiger partial charge in [-0.05, 0) is 68.0 Å². The first-order chi connectivity index (χ1) is 19.3. The molecule has 2 heterocycles. The van der Waals surface area contributed by atoms with Gasteiger partial charge in [0.2, 0.25) is 15.8 Å². The van der Waals surface area contributed by atoms with E-state index in [2.05, 4.69) is 11.7 Å². The zero-order valence-corrected chi connectivity index (χ0v) is 23.7. The molecule has 1 aliphatic heterocycles. The summed E-state index contributed by atoms with van der Waals surface area (Å²) < 4.78 is 49.8. The van der Waals surface area contributed by atoms with E-state index in [9.17, 15) is 17.6 Å². The van der Waals surface area contributed by atoms with Gasteiger partial charge in [-0.2, -0.15) is 14.1 Å². The predicted molar refractivity (Wildman–Crippen MR) is 154 cm³/mol. The van der Waals surface area contributed by atoms with Crippen LogP contribution >= 0.6 is 11.6 Å². The van der Waals surface area contributed by atoms with Crippen LogP contribution in [0.25, 0.3) is 5.69 Å². The topological polar surface area (TPSA) is 84.7 Å². The fourth-order valence-electron chi connectivity index (χ4n) is 5.35. The number of benzene rings is 2. The number of halogens is 2. The van der Waals surface area contributed by atoms with Crippen LogP contribution in [-0.2, 0) is 10.0 Å². The number of nitrogens with zero attached hydrogens (tertiary/aromatic N) is 4. The van der Waals surface area contributed by atoms with Crippen molar-refractivity contribution in [2.45, 2.75) is 43.5 Å². The van der Waals surface area contributed by atoms with Gasteiger partial charge in [0.25, 0.3) is 0 Å². The highest BCUT2D eigenvalue weighted by molar-refractivity contribution is 7.89. The predicted octanol–water partition coefficient (Wildman–Crippen LogP) is 5.12. The molecule has 8 nitrogen and oxygen atoms in total. The highest BCUT2D eigenvalue weighted by Gasteiger charge is 2.36. The molecular weight excluding hydrogens is 555 g/mol. The molecule has 2 fully saturated rings. The zero-order valence-electron chi connectivity index (χ0n) is 22.1. The van der Waals surface area contributed by atoms with Crippen LogP contribution in [0, 0.1) is 5.82 Å². The summed E-state index contributed by atoms with van der Waals surface area (Å²) in [5.41, 5.74) is 1.22. The molecule has 1 aromatic heterocycles. The fraction of sp³-hybridized carbons (Fsp3) is 0.379. The summed E-state index contributed by atoms with van der Waals surface area (Å²) in [5.74, 6) is -0.206. The van der Waals surface area contributed by atoms with Gasteiger partial charge in [0.1, 0.15) is 16.8 Å². The van der Waals surface area contributed by atoms with Gasteiger partial charge in [-0.3, -0.25) is 4.79 Å². The molecule has 1 unspecified atom stereocenters. The molecule has 1 saturated carbocycles. The quantitative estimate of drug-likeness (QED) is 0.324. The monoisotopic (exact) mass is 586 g/mol. The minimum absolute atomic E-state index is 0.0568. The second-order valence-corrected chi connectivity index (χ2v) is 12.6. The van der Waals surface area contributed by atoms with Crippen LogP contribution in [0.5, 0.6) is 5.75 Å². The van der Waals surface area contributed by atoms with Gasteiger partial charge in [0.15, 0.2) is 0 Å². The Morgan fingerprint density at radius 1 is 1.10 bits per heavy atom. The van der Waals surface area contributed by atoms with Crippen molar-refractivity contribution in [3.63, 3.8) is 0 Å². The summed E-state index contributed by atoms with van der Waals surface area (Å²) in [6.07, 6.45) is 7.16. The highest BCUT2D eigenvalue weighted by atomic mass is 35.5. The lowest BCUT2D eigenvalue weighted by atomic mass is 10.1. The van der Waals surface area contributed by atoms with Crippen molar-refractivity contribution < 1.29 is 17.5 Å². The Balaban J connectivity index is 1.40. The van der Waals surface area contributed by atoms with Crippen molar-refractivity contribution in [2.75, 3.05) is 31.1 Å². The van der Waals surface area contributed by atoms with Gasteiger partial charge < -0.3 is 9.64 Å². The van der Waals surface area contributed by atoms with Crippen molar-refractivity contribution >= 4 is 27.3 Å². The van der Waals surface area contributed by atoms with Gasteiger partial charge in [-0.15, -0.1) is 6.58 Å². The van der Waals surface area contributed by atoms with Crippen molar-refractivity contribution in [3.05, 3.63) is 94.1 Å². The Morgan fingerprint density at radius 3 is 2.45 bits per heavy atom. The minimum Gasteiger partial charge on any atom is -0.483 e. The first kappa shape index (κ1) is 28.3. The third-order valence-corrected chi connectivity index (χ3v) is 9.98. The number of sulfonamides is 1. The Bertz CT molecular complexity index is 1520. The van der Waals surface area contributed by atoms with Crippen molar-refractivity contribution in [2.24, 2.45) is 0 Å². The number of piperazine rings is 1. The molecule has 1 saturated heterocycles. The van der Waals surface area contributed by atoms with Gasteiger partial charge in [0.05, 0.1) is 18.0 Å². The first-order valence-corrected chi connectivity index (χ1v) is 15.3. The van der Waals surface area contributed by atoms with E-state index in [0.29, 0.717) is 35.1 Å². The Hall–Kier alpha value is -3.21. The van der Waals surface area contributed by atoms with E-state index in [-0.39, 0.29) is 36.9 Å². The van der Waals surface area contributed by atoms with Crippen LogP contribution in [0.2, 0.25) is 5.02 Å². The lowest BCUT2D eigenvalue weighted by Gasteiger charge is -2.37. The molecule has 0 radical (unpaired) electrons. The third-order valence-electron chi connectivity index (χ3n) is 7.48. The van der Waals surface area contributed by atoms with E-state index in [1.54, 1.807) is 36.5 Å². The Kier molecular flexibility index (Phi) is 8.58. The van der Waals surface area contributed by atoms with Crippen molar-refractivity contribution in [3.8, 4) is 11.4 Å². The molecule has 11 heteroatoms. The van der Waals surface area contributed by atoms with E-state index in [1.807, 2.05) is 4.90 Å². The number of allylic oxidation sites excluding steroid dienone is 1. The number of ether oxygens (including phenoxy) is 1. The molecule has 2 aromatic carbocycles. The van der Waals surface area contributed by atoms with Crippen LogP contribution in [-0.4, -0.2) is 54.8 Å². The molecule has 2 aliphatic rings. The summed E-state index contributed by atoms with van der Waals surface area (Å²) in [4.78, 5) is 15.6. The third kappa shape index (κ3) is 5.94. The first-order valence-electron chi connectivity index (χ1n) is 13.4. The Labute approximate surface area is 238 Å². The molecule has 0 spiro atoms. The lowest BCUT2D eigenvalue weighted by molar-refractivity contribution is 0.205. The minimum atomic E-state index is -3.75. The SMILES string of the molecule is C=CCC(c1ccc(F)cc1)S(=O)(=O)N1CCN(c2cnn(-c3cccc(Cl)c3)c(=O)c2OC2CCCC2)CC1. The summed E-state index contributed by atoms with van der Waals surface area (Å²) in [5, 5.41) is 4.05. The van der Waals surface area contributed by atoms with Gasteiger partial charge >= 0.3 is 5.56 Å². The molecule has 3 aromatic rings. The number of hydrogen-bond acceptors (Lipinski definition) is 6. The van der Waals surface area contributed by atoms with E-state index in [4.69, 9.17) is 16.3 Å². The van der Waals surface area contributed by atoms with Gasteiger partial charge in [-0.1, -0.05) is 35.9 Å². The molecule has 5 rings (SSSR count). The summed E-state index contributed by atoms with van der Waals surface area (Å²) >= 11 is 6.16. The second-order valence-electron chi connectivity index (χ2n) is 10.1. The van der Waals surface area contributed by atoms with Crippen LogP contribution in [0.15, 0.2) is 72.2 Å². The molecule has 0 bridgehead atoms. The summed E-state index contributed by atoms with van der Waals surface area (Å²) in [7, 11) is -3.75. The lowest BCUT2D eigenvalue weighted by Crippen LogP contribution is -2.50. The van der Waals surface area contributed by atoms with E-state index in [1.165, 1.54) is 33.3 Å². The maximum absolute atomic E-state index is 13.7. The molecule has 40 heavy (non-hydrogen) atoms. The largest absolute Gasteiger partial charge is 0.483 e. The maximum atomic E-state index is 13.7. The molecule has 212 valence electrons. The highest BCUT2D eigenvalue weighted by Crippen LogP contribution is 2.33. The normalized spacial score (nSPS) is 17.6.